The van der Waals surface area contributed by atoms with E-state index in [4.69, 9.17) is 9.47 Å². The van der Waals surface area contributed by atoms with Crippen molar-refractivity contribution in [1.29, 1.82) is 0 Å². The number of carbonyl (C=O) groups is 1. The first-order valence-corrected chi connectivity index (χ1v) is 4.04. The summed E-state index contributed by atoms with van der Waals surface area (Å²) < 4.78 is 10.5. The van der Waals surface area contributed by atoms with Gasteiger partial charge in [0.25, 0.3) is 0 Å². The van der Waals surface area contributed by atoms with E-state index in [0.717, 1.165) is 0 Å². The number of cyclic esters (lactones) is 1. The van der Waals surface area contributed by atoms with Gasteiger partial charge in [-0.25, -0.2) is 4.79 Å². The maximum atomic E-state index is 10.7. The van der Waals surface area contributed by atoms with Crippen LogP contribution < -0.4 is 0 Å². The Kier molecular flexibility index (Phi) is 2.49. The van der Waals surface area contributed by atoms with Gasteiger partial charge in [-0.15, -0.1) is 0 Å². The Balaban J connectivity index is 2.83. The molecule has 3 nitrogen and oxygen atoms in total. The highest BCUT2D eigenvalue weighted by Gasteiger charge is 2.30. The summed E-state index contributed by atoms with van der Waals surface area (Å²) in [5.74, 6) is -0.404. The van der Waals surface area contributed by atoms with Crippen LogP contribution in [0.2, 0.25) is 0 Å². The minimum atomic E-state index is -0.582. The summed E-state index contributed by atoms with van der Waals surface area (Å²) in [7, 11) is 1.46. The molecule has 1 heterocycles. The molecule has 0 aromatic heterocycles. The highest BCUT2D eigenvalue weighted by molar-refractivity contribution is 9.14. The standard InChI is InChI=1S/C5H4Br2O3/c1-9-5-3(7)2(6)4(8)10-5/h5H,1H3. The lowest BCUT2D eigenvalue weighted by Gasteiger charge is -2.05. The SMILES string of the molecule is COC1OC(=O)C(Br)=C1Br. The molecule has 0 N–H and O–H groups in total. The van der Waals surface area contributed by atoms with E-state index in [1.807, 2.05) is 0 Å². The van der Waals surface area contributed by atoms with E-state index in [-0.39, 0.29) is 0 Å². The van der Waals surface area contributed by atoms with Gasteiger partial charge in [-0.3, -0.25) is 0 Å². The fourth-order valence-electron chi connectivity index (χ4n) is 0.553. The minimum absolute atomic E-state index is 0.388. The zero-order chi connectivity index (χ0) is 7.72. The molecule has 0 saturated heterocycles. The highest BCUT2D eigenvalue weighted by atomic mass is 79.9. The highest BCUT2D eigenvalue weighted by Crippen LogP contribution is 2.31. The summed E-state index contributed by atoms with van der Waals surface area (Å²) in [6, 6.07) is 0. The summed E-state index contributed by atoms with van der Waals surface area (Å²) >= 11 is 6.16. The van der Waals surface area contributed by atoms with Crippen molar-refractivity contribution in [3.8, 4) is 0 Å². The van der Waals surface area contributed by atoms with Crippen molar-refractivity contribution >= 4 is 37.8 Å². The summed E-state index contributed by atoms with van der Waals surface area (Å²) in [5, 5.41) is 0. The Morgan fingerprint density at radius 2 is 2.20 bits per heavy atom. The lowest BCUT2D eigenvalue weighted by atomic mass is 10.5. The first-order chi connectivity index (χ1) is 4.66. The third kappa shape index (κ3) is 1.26. The number of hydrogen-bond acceptors (Lipinski definition) is 3. The first-order valence-electron chi connectivity index (χ1n) is 2.45. The second-order valence-corrected chi connectivity index (χ2v) is 3.28. The second-order valence-electron chi connectivity index (χ2n) is 1.63. The zero-order valence-corrected chi connectivity index (χ0v) is 8.23. The maximum Gasteiger partial charge on any atom is 0.348 e. The third-order valence-corrected chi connectivity index (χ3v) is 3.08. The Hall–Kier alpha value is 0.130. The molecular formula is C5H4Br2O3. The van der Waals surface area contributed by atoms with Crippen LogP contribution in [0, 0.1) is 0 Å². The van der Waals surface area contributed by atoms with Crippen LogP contribution in [0.25, 0.3) is 0 Å². The van der Waals surface area contributed by atoms with Crippen molar-refractivity contribution in [3.63, 3.8) is 0 Å². The maximum absolute atomic E-state index is 10.7. The van der Waals surface area contributed by atoms with E-state index in [0.29, 0.717) is 8.96 Å². The Bertz CT molecular complexity index is 199. The summed E-state index contributed by atoms with van der Waals surface area (Å²) in [5.41, 5.74) is 0. The molecular weight excluding hydrogens is 268 g/mol. The third-order valence-electron chi connectivity index (χ3n) is 1.02. The number of carbonyl (C=O) groups excluding carboxylic acids is 1. The molecule has 1 rings (SSSR count). The quantitative estimate of drug-likeness (QED) is 0.679. The van der Waals surface area contributed by atoms with Gasteiger partial charge < -0.3 is 9.47 Å². The molecule has 0 radical (unpaired) electrons. The Morgan fingerprint density at radius 3 is 2.40 bits per heavy atom. The van der Waals surface area contributed by atoms with Gasteiger partial charge in [-0.2, -0.15) is 0 Å². The molecule has 0 aromatic rings. The lowest BCUT2D eigenvalue weighted by Crippen LogP contribution is -2.11. The predicted octanol–water partition coefficient (Wildman–Crippen LogP) is 1.52. The van der Waals surface area contributed by atoms with Crippen LogP contribution in [0.3, 0.4) is 0 Å². The van der Waals surface area contributed by atoms with Gasteiger partial charge in [0.15, 0.2) is 0 Å². The fraction of sp³-hybridized carbons (Fsp3) is 0.400. The molecule has 0 spiro atoms. The number of esters is 1. The van der Waals surface area contributed by atoms with Gasteiger partial charge in [-0.05, 0) is 31.9 Å². The van der Waals surface area contributed by atoms with Gasteiger partial charge >= 0.3 is 5.97 Å². The van der Waals surface area contributed by atoms with Crippen molar-refractivity contribution in [2.24, 2.45) is 0 Å². The van der Waals surface area contributed by atoms with Crippen LogP contribution in [0.1, 0.15) is 0 Å². The number of ether oxygens (including phenoxy) is 2. The summed E-state index contributed by atoms with van der Waals surface area (Å²) in [6.07, 6.45) is -0.582. The van der Waals surface area contributed by atoms with E-state index < -0.39 is 12.3 Å². The minimum Gasteiger partial charge on any atom is -0.427 e. The van der Waals surface area contributed by atoms with E-state index in [1.165, 1.54) is 7.11 Å². The topological polar surface area (TPSA) is 35.5 Å². The molecule has 1 aliphatic heterocycles. The van der Waals surface area contributed by atoms with Gasteiger partial charge in [-0.1, -0.05) is 0 Å². The number of halogens is 2. The summed E-state index contributed by atoms with van der Waals surface area (Å²) in [4.78, 5) is 10.7. The molecule has 0 aromatic carbocycles. The van der Waals surface area contributed by atoms with E-state index in [1.54, 1.807) is 0 Å². The average molecular weight is 272 g/mol. The van der Waals surface area contributed by atoms with E-state index in [9.17, 15) is 4.79 Å². The largest absolute Gasteiger partial charge is 0.427 e. The normalized spacial score (nSPS) is 25.5. The molecule has 0 aliphatic carbocycles. The van der Waals surface area contributed by atoms with Crippen molar-refractivity contribution in [3.05, 3.63) is 8.96 Å². The lowest BCUT2D eigenvalue weighted by molar-refractivity contribution is -0.154. The van der Waals surface area contributed by atoms with Crippen LogP contribution in [0.5, 0.6) is 0 Å². The van der Waals surface area contributed by atoms with E-state index in [2.05, 4.69) is 31.9 Å². The molecule has 56 valence electrons. The molecule has 1 atom stereocenters. The van der Waals surface area contributed by atoms with Gasteiger partial charge in [0.05, 0.1) is 4.48 Å². The first kappa shape index (κ1) is 8.23. The zero-order valence-electron chi connectivity index (χ0n) is 5.06. The molecule has 1 aliphatic rings. The van der Waals surface area contributed by atoms with Crippen LogP contribution in [-0.2, 0) is 14.3 Å². The van der Waals surface area contributed by atoms with Crippen LogP contribution in [0.4, 0.5) is 0 Å². The van der Waals surface area contributed by atoms with Crippen LogP contribution in [0.15, 0.2) is 8.96 Å². The van der Waals surface area contributed by atoms with Crippen molar-refractivity contribution in [2.75, 3.05) is 7.11 Å². The summed E-state index contributed by atoms with van der Waals surface area (Å²) in [6.45, 7) is 0. The number of hydrogen-bond donors (Lipinski definition) is 0. The van der Waals surface area contributed by atoms with Crippen molar-refractivity contribution in [1.82, 2.24) is 0 Å². The molecule has 0 saturated carbocycles. The van der Waals surface area contributed by atoms with Crippen LogP contribution >= 0.6 is 31.9 Å². The second kappa shape index (κ2) is 3.02. The average Bonchev–Trinajstić information content (AvgIpc) is 2.17. The molecule has 5 heteroatoms. The van der Waals surface area contributed by atoms with Crippen molar-refractivity contribution in [2.45, 2.75) is 6.29 Å². The molecule has 0 amide bonds. The number of rotatable bonds is 1. The molecule has 1 unspecified atom stereocenters. The molecule has 0 bridgehead atoms. The Morgan fingerprint density at radius 1 is 1.60 bits per heavy atom. The van der Waals surface area contributed by atoms with Gasteiger partial charge in [0.1, 0.15) is 4.48 Å². The van der Waals surface area contributed by atoms with Gasteiger partial charge in [0.2, 0.25) is 6.29 Å². The van der Waals surface area contributed by atoms with E-state index >= 15 is 0 Å². The smallest absolute Gasteiger partial charge is 0.348 e. The number of methoxy groups -OCH3 is 1. The molecule has 0 fully saturated rings. The van der Waals surface area contributed by atoms with Crippen molar-refractivity contribution < 1.29 is 14.3 Å². The Labute approximate surface area is 74.6 Å². The predicted molar refractivity (Wildman–Crippen MR) is 41.8 cm³/mol. The molecule has 10 heavy (non-hydrogen) atoms. The monoisotopic (exact) mass is 270 g/mol. The van der Waals surface area contributed by atoms with Crippen LogP contribution in [-0.4, -0.2) is 19.4 Å². The van der Waals surface area contributed by atoms with Gasteiger partial charge in [0, 0.05) is 7.11 Å². The fourth-order valence-corrected chi connectivity index (χ4v) is 1.28.